The highest BCUT2D eigenvalue weighted by Gasteiger charge is 2.18. The van der Waals surface area contributed by atoms with Gasteiger partial charge >= 0.3 is 0 Å². The predicted molar refractivity (Wildman–Crippen MR) is 386 cm³/mol. The first-order valence-corrected chi connectivity index (χ1v) is 37.0. The van der Waals surface area contributed by atoms with Gasteiger partial charge in [-0.15, -0.1) is 0 Å². The molecule has 2 unspecified atom stereocenters. The SMILES string of the molecule is CC/C=C\C/C=C\C/C=C\C/C=C\C/C=C\C/C=C\C/C=C\C/C=C\C/C=C\C/C=C\C/C=C\CCCCCCCCCC(=O)NC(CO)C(O)/C=C/CCCCCCCCCCCCCCCCCCCCCCCCCCCCCCCCC. The Bertz CT molecular complexity index is 1730. The molecule has 0 rings (SSSR count). The minimum Gasteiger partial charge on any atom is -0.394 e. The zero-order valence-electron chi connectivity index (χ0n) is 56.8. The fourth-order valence-corrected chi connectivity index (χ4v) is 10.8. The van der Waals surface area contributed by atoms with Gasteiger partial charge in [0, 0.05) is 6.42 Å². The summed E-state index contributed by atoms with van der Waals surface area (Å²) >= 11 is 0. The average Bonchev–Trinajstić information content (AvgIpc) is 3.59. The number of carbonyl (C=O) groups excluding carboxylic acids is 1. The van der Waals surface area contributed by atoms with Gasteiger partial charge in [-0.25, -0.2) is 0 Å². The number of amides is 1. The molecule has 4 heteroatoms. The standard InChI is InChI=1S/C82H141NO3/c1-3-5-7-9-11-13-15-17-19-21-23-25-27-29-31-33-35-37-38-39-40-41-42-43-44-46-48-50-52-54-56-58-60-62-64-66-68-70-72-74-76-78-82(86)83-80(79-84)81(85)77-75-73-71-69-67-65-63-61-59-57-55-53-51-49-47-45-36-34-32-30-28-26-24-22-20-18-16-14-12-10-8-6-4-2/h5,7,11,13,17,19,23,25,29,31,35,37,39-40,42-43,46,48,52,54,58,60,75,77,80-81,84-85H,3-4,6,8-10,12,14-16,18,20-22,24,26-28,30,32-34,36,38,41,44-45,47,49-51,53,55-57,59,61-74,76,78-79H2,1-2H3,(H,83,86)/b7-5-,13-11-,19-17-,25-23-,31-29-,37-35-,40-39-,43-42-,48-46-,54-52-,60-58-,77-75+. The Balaban J connectivity index is 3.57. The van der Waals surface area contributed by atoms with Crippen LogP contribution in [-0.2, 0) is 4.79 Å². The van der Waals surface area contributed by atoms with E-state index in [1.54, 1.807) is 6.08 Å². The van der Waals surface area contributed by atoms with Crippen LogP contribution in [0.25, 0.3) is 0 Å². The average molecular weight is 1190 g/mol. The number of hydrogen-bond acceptors (Lipinski definition) is 3. The third-order valence-corrected chi connectivity index (χ3v) is 16.3. The van der Waals surface area contributed by atoms with Gasteiger partial charge in [0.05, 0.1) is 18.8 Å². The van der Waals surface area contributed by atoms with Gasteiger partial charge in [0.15, 0.2) is 0 Å². The minimum atomic E-state index is -0.856. The number of aliphatic hydroxyl groups is 2. The maximum Gasteiger partial charge on any atom is 0.220 e. The van der Waals surface area contributed by atoms with Crippen molar-refractivity contribution >= 4 is 5.91 Å². The van der Waals surface area contributed by atoms with Crippen molar-refractivity contribution in [3.63, 3.8) is 0 Å². The summed E-state index contributed by atoms with van der Waals surface area (Å²) in [6.07, 6.45) is 118. The quantitative estimate of drug-likeness (QED) is 0.0420. The molecule has 86 heavy (non-hydrogen) atoms. The second-order valence-corrected chi connectivity index (χ2v) is 24.6. The van der Waals surface area contributed by atoms with Gasteiger partial charge in [-0.2, -0.15) is 0 Å². The van der Waals surface area contributed by atoms with Crippen LogP contribution in [0, 0.1) is 0 Å². The molecule has 0 aromatic heterocycles. The second-order valence-electron chi connectivity index (χ2n) is 24.6. The number of rotatable bonds is 67. The molecule has 0 aromatic carbocycles. The lowest BCUT2D eigenvalue weighted by Crippen LogP contribution is -2.45. The number of nitrogens with one attached hydrogen (secondary N) is 1. The number of allylic oxidation sites excluding steroid dienone is 23. The van der Waals surface area contributed by atoms with Crippen LogP contribution in [0.5, 0.6) is 0 Å². The molecule has 0 saturated carbocycles. The summed E-state index contributed by atoms with van der Waals surface area (Å²) in [6, 6.07) is -0.641. The molecule has 3 N–H and O–H groups in total. The molecule has 0 aliphatic rings. The summed E-state index contributed by atoms with van der Waals surface area (Å²) < 4.78 is 0. The Morgan fingerprint density at radius 2 is 0.512 bits per heavy atom. The van der Waals surface area contributed by atoms with Crippen LogP contribution >= 0.6 is 0 Å². The number of carbonyl (C=O) groups is 1. The van der Waals surface area contributed by atoms with Crippen LogP contribution in [-0.4, -0.2) is 34.9 Å². The maximum absolute atomic E-state index is 12.6. The molecule has 1 amide bonds. The van der Waals surface area contributed by atoms with Crippen molar-refractivity contribution in [2.75, 3.05) is 6.61 Å². The minimum absolute atomic E-state index is 0.0769. The van der Waals surface area contributed by atoms with E-state index >= 15 is 0 Å². The van der Waals surface area contributed by atoms with E-state index < -0.39 is 12.1 Å². The molecule has 492 valence electrons. The molecule has 2 atom stereocenters. The lowest BCUT2D eigenvalue weighted by Gasteiger charge is -2.20. The molecule has 0 fully saturated rings. The van der Waals surface area contributed by atoms with E-state index in [2.05, 4.69) is 153 Å². The largest absolute Gasteiger partial charge is 0.394 e. The molecule has 0 radical (unpaired) electrons. The molecular formula is C82H141NO3. The van der Waals surface area contributed by atoms with Crippen molar-refractivity contribution in [2.24, 2.45) is 0 Å². The summed E-state index contributed by atoms with van der Waals surface area (Å²) in [7, 11) is 0. The molecule has 0 saturated heterocycles. The molecule has 0 aliphatic heterocycles. The Morgan fingerprint density at radius 1 is 0.291 bits per heavy atom. The number of aliphatic hydroxyl groups excluding tert-OH is 2. The van der Waals surface area contributed by atoms with Gasteiger partial charge in [0.1, 0.15) is 0 Å². The first kappa shape index (κ1) is 82.3. The van der Waals surface area contributed by atoms with Crippen LogP contribution in [0.15, 0.2) is 146 Å². The summed E-state index contributed by atoms with van der Waals surface area (Å²) in [5.74, 6) is -0.0769. The zero-order chi connectivity index (χ0) is 61.9. The number of unbranched alkanes of at least 4 members (excludes halogenated alkanes) is 38. The fraction of sp³-hybridized carbons (Fsp3) is 0.695. The van der Waals surface area contributed by atoms with Crippen molar-refractivity contribution in [2.45, 2.75) is 360 Å². The van der Waals surface area contributed by atoms with E-state index in [4.69, 9.17) is 0 Å². The summed E-state index contributed by atoms with van der Waals surface area (Å²) in [4.78, 5) is 12.6. The summed E-state index contributed by atoms with van der Waals surface area (Å²) in [5, 5.41) is 23.3. The predicted octanol–water partition coefficient (Wildman–Crippen LogP) is 25.8. The van der Waals surface area contributed by atoms with Crippen molar-refractivity contribution in [1.29, 1.82) is 0 Å². The maximum atomic E-state index is 12.6. The molecule has 0 heterocycles. The topological polar surface area (TPSA) is 69.6 Å². The smallest absolute Gasteiger partial charge is 0.220 e. The first-order valence-electron chi connectivity index (χ1n) is 37.0. The molecule has 0 aliphatic carbocycles. The normalized spacial score (nSPS) is 13.6. The molecular weight excluding hydrogens is 1050 g/mol. The Labute approximate surface area is 535 Å². The van der Waals surface area contributed by atoms with Gasteiger partial charge < -0.3 is 15.5 Å². The van der Waals surface area contributed by atoms with Crippen LogP contribution in [0.3, 0.4) is 0 Å². The monoisotopic (exact) mass is 1190 g/mol. The van der Waals surface area contributed by atoms with Gasteiger partial charge in [-0.3, -0.25) is 4.79 Å². The van der Waals surface area contributed by atoms with Crippen molar-refractivity contribution in [3.8, 4) is 0 Å². The highest BCUT2D eigenvalue weighted by molar-refractivity contribution is 5.76. The Hall–Kier alpha value is -3.73. The number of hydrogen-bond donors (Lipinski definition) is 3. The molecule has 4 nitrogen and oxygen atoms in total. The lowest BCUT2D eigenvalue weighted by atomic mass is 10.0. The van der Waals surface area contributed by atoms with Crippen molar-refractivity contribution < 1.29 is 15.0 Å². The molecule has 0 aromatic rings. The third-order valence-electron chi connectivity index (χ3n) is 16.3. The summed E-state index contributed by atoms with van der Waals surface area (Å²) in [5.41, 5.74) is 0. The van der Waals surface area contributed by atoms with Crippen molar-refractivity contribution in [1.82, 2.24) is 5.32 Å². The van der Waals surface area contributed by atoms with E-state index in [0.29, 0.717) is 6.42 Å². The molecule has 0 spiro atoms. The van der Waals surface area contributed by atoms with Gasteiger partial charge in [-0.05, 0) is 103 Å². The van der Waals surface area contributed by atoms with E-state index in [1.807, 2.05) is 6.08 Å². The van der Waals surface area contributed by atoms with E-state index in [-0.39, 0.29) is 12.5 Å². The highest BCUT2D eigenvalue weighted by Crippen LogP contribution is 2.18. The Morgan fingerprint density at radius 3 is 0.767 bits per heavy atom. The van der Waals surface area contributed by atoms with Gasteiger partial charge in [0.25, 0.3) is 0 Å². The third kappa shape index (κ3) is 71.0. The van der Waals surface area contributed by atoms with Crippen LogP contribution in [0.4, 0.5) is 0 Å². The molecule has 0 bridgehead atoms. The van der Waals surface area contributed by atoms with Crippen molar-refractivity contribution in [3.05, 3.63) is 146 Å². The van der Waals surface area contributed by atoms with Crippen LogP contribution < -0.4 is 5.32 Å². The second kappa shape index (κ2) is 75.5. The van der Waals surface area contributed by atoms with Crippen LogP contribution in [0.2, 0.25) is 0 Å². The van der Waals surface area contributed by atoms with E-state index in [9.17, 15) is 15.0 Å². The van der Waals surface area contributed by atoms with E-state index in [1.165, 1.54) is 218 Å². The lowest BCUT2D eigenvalue weighted by molar-refractivity contribution is -0.123. The van der Waals surface area contributed by atoms with E-state index in [0.717, 1.165) is 109 Å². The summed E-state index contributed by atoms with van der Waals surface area (Å²) in [6.45, 7) is 4.21. The Kier molecular flexibility index (Phi) is 72.2. The fourth-order valence-electron chi connectivity index (χ4n) is 10.8. The van der Waals surface area contributed by atoms with Gasteiger partial charge in [-0.1, -0.05) is 384 Å². The van der Waals surface area contributed by atoms with Gasteiger partial charge in [0.2, 0.25) is 5.91 Å². The first-order chi connectivity index (χ1) is 42.7. The van der Waals surface area contributed by atoms with Crippen LogP contribution in [0.1, 0.15) is 348 Å². The zero-order valence-corrected chi connectivity index (χ0v) is 56.8. The highest BCUT2D eigenvalue weighted by atomic mass is 16.3.